The van der Waals surface area contributed by atoms with Crippen molar-refractivity contribution in [2.45, 2.75) is 6.18 Å². The van der Waals surface area contributed by atoms with E-state index < -0.39 is 22.7 Å². The summed E-state index contributed by atoms with van der Waals surface area (Å²) in [5.74, 6) is -0.887. The molecule has 0 radical (unpaired) electrons. The summed E-state index contributed by atoms with van der Waals surface area (Å²) in [6.45, 7) is 0. The molecule has 0 fully saturated rings. The van der Waals surface area contributed by atoms with Crippen LogP contribution in [0.4, 0.5) is 24.5 Å². The molecule has 4 nitrogen and oxygen atoms in total. The van der Waals surface area contributed by atoms with Gasteiger partial charge in [0.2, 0.25) is 0 Å². The molecular weight excluding hydrogens is 390 g/mol. The Balaban J connectivity index is 2.19. The number of amides is 1. The molecule has 9 heteroatoms. The average molecular weight is 400 g/mol. The first kappa shape index (κ1) is 19.6. The Morgan fingerprint density at radius 3 is 2.42 bits per heavy atom. The van der Waals surface area contributed by atoms with Crippen molar-refractivity contribution in [2.75, 3.05) is 10.6 Å². The summed E-state index contributed by atoms with van der Waals surface area (Å²) in [6.07, 6.45) is -3.56. The van der Waals surface area contributed by atoms with E-state index in [1.807, 2.05) is 0 Å². The monoisotopic (exact) mass is 399 g/mol. The quantitative estimate of drug-likeness (QED) is 0.529. The SMILES string of the molecule is N#C/C(=C/Nc1ccccc1Cl)C(=O)Nc1ccc(Cl)c(C(F)(F)F)c1. The molecule has 134 valence electrons. The van der Waals surface area contributed by atoms with Gasteiger partial charge in [0.25, 0.3) is 5.91 Å². The molecule has 0 spiro atoms. The fourth-order valence-corrected chi connectivity index (χ4v) is 2.31. The topological polar surface area (TPSA) is 64.9 Å². The molecule has 1 amide bonds. The van der Waals surface area contributed by atoms with Crippen LogP contribution in [0.25, 0.3) is 0 Å². The molecule has 0 saturated carbocycles. The van der Waals surface area contributed by atoms with Crippen LogP contribution in [0.2, 0.25) is 10.0 Å². The molecule has 0 saturated heterocycles. The number of benzene rings is 2. The minimum Gasteiger partial charge on any atom is -0.359 e. The Kier molecular flexibility index (Phi) is 6.14. The normalized spacial score (nSPS) is 11.6. The lowest BCUT2D eigenvalue weighted by Crippen LogP contribution is -2.15. The smallest absolute Gasteiger partial charge is 0.359 e. The Morgan fingerprint density at radius 1 is 1.12 bits per heavy atom. The first-order valence-electron chi connectivity index (χ1n) is 7.02. The average Bonchev–Trinajstić information content (AvgIpc) is 2.57. The van der Waals surface area contributed by atoms with Gasteiger partial charge >= 0.3 is 6.18 Å². The first-order valence-corrected chi connectivity index (χ1v) is 7.77. The molecule has 2 rings (SSSR count). The lowest BCUT2D eigenvalue weighted by Gasteiger charge is -2.11. The predicted molar refractivity (Wildman–Crippen MR) is 93.9 cm³/mol. The lowest BCUT2D eigenvalue weighted by atomic mass is 10.2. The van der Waals surface area contributed by atoms with E-state index in [0.29, 0.717) is 16.8 Å². The number of anilines is 2. The van der Waals surface area contributed by atoms with Gasteiger partial charge < -0.3 is 10.6 Å². The summed E-state index contributed by atoms with van der Waals surface area (Å²) >= 11 is 11.5. The van der Waals surface area contributed by atoms with Gasteiger partial charge in [-0.1, -0.05) is 35.3 Å². The van der Waals surface area contributed by atoms with Crippen molar-refractivity contribution in [3.05, 3.63) is 69.8 Å². The molecule has 0 atom stereocenters. The van der Waals surface area contributed by atoms with Crippen molar-refractivity contribution in [3.8, 4) is 6.07 Å². The second kappa shape index (κ2) is 8.13. The zero-order valence-corrected chi connectivity index (χ0v) is 14.4. The number of nitriles is 1. The van der Waals surface area contributed by atoms with Crippen molar-refractivity contribution in [3.63, 3.8) is 0 Å². The fraction of sp³-hybridized carbons (Fsp3) is 0.0588. The number of hydrogen-bond acceptors (Lipinski definition) is 3. The van der Waals surface area contributed by atoms with E-state index in [-0.39, 0.29) is 11.3 Å². The van der Waals surface area contributed by atoms with Gasteiger partial charge in [-0.3, -0.25) is 4.79 Å². The second-order valence-corrected chi connectivity index (χ2v) is 5.75. The standard InChI is InChI=1S/C17H10Cl2F3N3O/c18-13-6-5-11(7-12(13)17(20,21)22)25-16(26)10(8-23)9-24-15-4-2-1-3-14(15)19/h1-7,9,24H,(H,25,26)/b10-9-. The summed E-state index contributed by atoms with van der Waals surface area (Å²) in [5, 5.41) is 13.9. The molecule has 0 heterocycles. The van der Waals surface area contributed by atoms with Crippen LogP contribution in [0.5, 0.6) is 0 Å². The van der Waals surface area contributed by atoms with E-state index in [1.54, 1.807) is 30.3 Å². The Morgan fingerprint density at radius 2 is 1.81 bits per heavy atom. The molecule has 0 aliphatic heterocycles. The van der Waals surface area contributed by atoms with Gasteiger partial charge in [-0.15, -0.1) is 0 Å². The number of carbonyl (C=O) groups excluding carboxylic acids is 1. The van der Waals surface area contributed by atoms with Gasteiger partial charge in [-0.25, -0.2) is 0 Å². The van der Waals surface area contributed by atoms with Crippen LogP contribution in [-0.2, 0) is 11.0 Å². The van der Waals surface area contributed by atoms with Crippen LogP contribution in [0, 0.1) is 11.3 Å². The third-order valence-electron chi connectivity index (χ3n) is 3.14. The maximum Gasteiger partial charge on any atom is 0.417 e. The van der Waals surface area contributed by atoms with Gasteiger partial charge in [0.15, 0.2) is 0 Å². The van der Waals surface area contributed by atoms with Crippen molar-refractivity contribution >= 4 is 40.5 Å². The molecule has 0 aromatic heterocycles. The highest BCUT2D eigenvalue weighted by atomic mass is 35.5. The molecule has 0 unspecified atom stereocenters. The molecule has 0 aliphatic rings. The zero-order valence-electron chi connectivity index (χ0n) is 12.9. The molecule has 2 aromatic carbocycles. The number of carbonyl (C=O) groups is 1. The van der Waals surface area contributed by atoms with Gasteiger partial charge in [-0.05, 0) is 30.3 Å². The van der Waals surface area contributed by atoms with Crippen LogP contribution >= 0.6 is 23.2 Å². The van der Waals surface area contributed by atoms with Crippen molar-refractivity contribution < 1.29 is 18.0 Å². The molecule has 2 aromatic rings. The van der Waals surface area contributed by atoms with Gasteiger partial charge in [0.1, 0.15) is 11.6 Å². The summed E-state index contributed by atoms with van der Waals surface area (Å²) in [5.41, 5.74) is -1.13. The zero-order chi connectivity index (χ0) is 19.3. The number of nitrogens with zero attached hydrogens (tertiary/aromatic N) is 1. The molecular formula is C17H10Cl2F3N3O. The number of nitrogens with one attached hydrogen (secondary N) is 2. The third kappa shape index (κ3) is 4.91. The molecule has 0 bridgehead atoms. The van der Waals surface area contributed by atoms with E-state index in [9.17, 15) is 18.0 Å². The van der Waals surface area contributed by atoms with Crippen LogP contribution in [0.1, 0.15) is 5.56 Å². The van der Waals surface area contributed by atoms with E-state index in [1.165, 1.54) is 6.07 Å². The van der Waals surface area contributed by atoms with Crippen LogP contribution in [0.3, 0.4) is 0 Å². The molecule has 2 N–H and O–H groups in total. The van der Waals surface area contributed by atoms with E-state index in [0.717, 1.165) is 12.3 Å². The Hall–Kier alpha value is -2.69. The third-order valence-corrected chi connectivity index (χ3v) is 3.80. The van der Waals surface area contributed by atoms with E-state index in [2.05, 4.69) is 10.6 Å². The highest BCUT2D eigenvalue weighted by molar-refractivity contribution is 6.33. The lowest BCUT2D eigenvalue weighted by molar-refractivity contribution is -0.137. The summed E-state index contributed by atoms with van der Waals surface area (Å²) in [7, 11) is 0. The summed E-state index contributed by atoms with van der Waals surface area (Å²) in [4.78, 5) is 12.1. The first-order chi connectivity index (χ1) is 12.2. The number of hydrogen-bond donors (Lipinski definition) is 2. The number of halogens is 5. The largest absolute Gasteiger partial charge is 0.417 e. The molecule has 0 aliphatic carbocycles. The van der Waals surface area contributed by atoms with Crippen molar-refractivity contribution in [2.24, 2.45) is 0 Å². The van der Waals surface area contributed by atoms with E-state index >= 15 is 0 Å². The Labute approximate surface area is 156 Å². The highest BCUT2D eigenvalue weighted by Gasteiger charge is 2.33. The van der Waals surface area contributed by atoms with Crippen molar-refractivity contribution in [1.82, 2.24) is 0 Å². The minimum atomic E-state index is -4.67. The van der Waals surface area contributed by atoms with Gasteiger partial charge in [-0.2, -0.15) is 18.4 Å². The van der Waals surface area contributed by atoms with Gasteiger partial charge in [0, 0.05) is 11.9 Å². The Bertz CT molecular complexity index is 905. The number of rotatable bonds is 4. The summed E-state index contributed by atoms with van der Waals surface area (Å²) < 4.78 is 38.6. The molecule has 26 heavy (non-hydrogen) atoms. The van der Waals surface area contributed by atoms with Gasteiger partial charge in [0.05, 0.1) is 21.3 Å². The van der Waals surface area contributed by atoms with Crippen LogP contribution in [-0.4, -0.2) is 5.91 Å². The number of alkyl halides is 3. The second-order valence-electron chi connectivity index (χ2n) is 4.94. The number of para-hydroxylation sites is 1. The maximum atomic E-state index is 12.9. The maximum absolute atomic E-state index is 12.9. The van der Waals surface area contributed by atoms with Crippen LogP contribution < -0.4 is 10.6 Å². The van der Waals surface area contributed by atoms with Crippen LogP contribution in [0.15, 0.2) is 54.2 Å². The predicted octanol–water partition coefficient (Wildman–Crippen LogP) is 5.47. The van der Waals surface area contributed by atoms with Crippen molar-refractivity contribution in [1.29, 1.82) is 5.26 Å². The highest BCUT2D eigenvalue weighted by Crippen LogP contribution is 2.36. The minimum absolute atomic E-state index is 0.148. The fourth-order valence-electron chi connectivity index (χ4n) is 1.90. The summed E-state index contributed by atoms with van der Waals surface area (Å²) in [6, 6.07) is 11.2. The van der Waals surface area contributed by atoms with E-state index in [4.69, 9.17) is 28.5 Å².